The summed E-state index contributed by atoms with van der Waals surface area (Å²) in [6, 6.07) is 8.52. The quantitative estimate of drug-likeness (QED) is 0.933. The minimum atomic E-state index is 0.264. The fourth-order valence-corrected chi connectivity index (χ4v) is 3.66. The Kier molecular flexibility index (Phi) is 4.64. The molecule has 1 N–H and O–H groups in total. The van der Waals surface area contributed by atoms with E-state index in [1.807, 2.05) is 5.51 Å². The molecule has 2 heterocycles. The molecule has 0 radical (unpaired) electrons. The lowest BCUT2D eigenvalue weighted by atomic mass is 10.1. The second-order valence-electron chi connectivity index (χ2n) is 5.89. The van der Waals surface area contributed by atoms with E-state index in [9.17, 15) is 0 Å². The molecule has 118 valence electrons. The van der Waals surface area contributed by atoms with Crippen LogP contribution in [0.5, 0.6) is 0 Å². The summed E-state index contributed by atoms with van der Waals surface area (Å²) in [7, 11) is 0. The Balaban J connectivity index is 1.76. The van der Waals surface area contributed by atoms with Gasteiger partial charge in [-0.15, -0.1) is 11.3 Å². The van der Waals surface area contributed by atoms with Gasteiger partial charge in [-0.3, -0.25) is 0 Å². The van der Waals surface area contributed by atoms with Crippen LogP contribution < -0.4 is 10.2 Å². The maximum absolute atomic E-state index is 5.84. The molecule has 0 amide bonds. The summed E-state index contributed by atoms with van der Waals surface area (Å²) in [5.74, 6) is 0. The van der Waals surface area contributed by atoms with Gasteiger partial charge in [-0.05, 0) is 32.9 Å². The van der Waals surface area contributed by atoms with Gasteiger partial charge in [-0.2, -0.15) is 0 Å². The van der Waals surface area contributed by atoms with Crippen molar-refractivity contribution in [2.45, 2.75) is 39.5 Å². The first-order valence-corrected chi connectivity index (χ1v) is 8.63. The van der Waals surface area contributed by atoms with Crippen molar-refractivity contribution in [1.82, 2.24) is 4.98 Å². The van der Waals surface area contributed by atoms with Gasteiger partial charge in [0, 0.05) is 18.0 Å². The highest BCUT2D eigenvalue weighted by molar-refractivity contribution is 7.09. The monoisotopic (exact) mass is 317 g/mol. The van der Waals surface area contributed by atoms with Crippen molar-refractivity contribution in [3.05, 3.63) is 40.3 Å². The van der Waals surface area contributed by atoms with Crippen LogP contribution in [-0.2, 0) is 11.3 Å². The summed E-state index contributed by atoms with van der Waals surface area (Å²) in [6.07, 6.45) is 0.529. The van der Waals surface area contributed by atoms with Gasteiger partial charge in [-0.1, -0.05) is 12.1 Å². The molecule has 2 aromatic rings. The van der Waals surface area contributed by atoms with Crippen LogP contribution in [0.25, 0.3) is 0 Å². The number of benzene rings is 1. The zero-order chi connectivity index (χ0) is 15.5. The van der Waals surface area contributed by atoms with Crippen molar-refractivity contribution < 1.29 is 4.74 Å². The van der Waals surface area contributed by atoms with E-state index >= 15 is 0 Å². The van der Waals surface area contributed by atoms with Crippen LogP contribution in [0.15, 0.2) is 29.8 Å². The van der Waals surface area contributed by atoms with Crippen LogP contribution in [0, 0.1) is 6.92 Å². The first kappa shape index (κ1) is 15.3. The molecule has 2 unspecified atom stereocenters. The summed E-state index contributed by atoms with van der Waals surface area (Å²) in [5, 5.41) is 3.57. The number of morpholine rings is 1. The summed E-state index contributed by atoms with van der Waals surface area (Å²) in [6.45, 7) is 9.03. The number of nitrogens with one attached hydrogen (secondary N) is 1. The number of hydrogen-bond donors (Lipinski definition) is 1. The predicted molar refractivity (Wildman–Crippen MR) is 92.8 cm³/mol. The maximum atomic E-state index is 5.84. The fourth-order valence-electron chi connectivity index (χ4n) is 2.94. The molecular weight excluding hydrogens is 294 g/mol. The third-order valence-electron chi connectivity index (χ3n) is 3.95. The van der Waals surface area contributed by atoms with Gasteiger partial charge in [0.05, 0.1) is 41.3 Å². The summed E-state index contributed by atoms with van der Waals surface area (Å²) < 4.78 is 5.84. The van der Waals surface area contributed by atoms with Crippen LogP contribution in [0.4, 0.5) is 11.4 Å². The number of anilines is 2. The second kappa shape index (κ2) is 6.67. The molecule has 4 nitrogen and oxygen atoms in total. The van der Waals surface area contributed by atoms with Crippen molar-refractivity contribution in [1.29, 1.82) is 0 Å². The zero-order valence-corrected chi connectivity index (χ0v) is 14.2. The minimum Gasteiger partial charge on any atom is -0.378 e. The standard InChI is InChI=1S/C17H23N3OS/c1-12-9-20(10-13(2)21-12)16-7-5-4-6-15(16)18-8-17-14(3)19-11-22-17/h4-7,11-13,18H,8-10H2,1-3H3. The van der Waals surface area contributed by atoms with E-state index in [1.54, 1.807) is 11.3 Å². The Morgan fingerprint density at radius 3 is 2.68 bits per heavy atom. The average Bonchev–Trinajstić information content (AvgIpc) is 2.90. The number of rotatable bonds is 4. The highest BCUT2D eigenvalue weighted by atomic mass is 32.1. The lowest BCUT2D eigenvalue weighted by molar-refractivity contribution is -0.00517. The lowest BCUT2D eigenvalue weighted by Crippen LogP contribution is -2.45. The fraction of sp³-hybridized carbons (Fsp3) is 0.471. The van der Waals surface area contributed by atoms with Crippen molar-refractivity contribution in [3.8, 4) is 0 Å². The van der Waals surface area contributed by atoms with Crippen LogP contribution in [-0.4, -0.2) is 30.3 Å². The smallest absolute Gasteiger partial charge is 0.0798 e. The molecule has 1 fully saturated rings. The van der Waals surface area contributed by atoms with Crippen molar-refractivity contribution in [2.75, 3.05) is 23.3 Å². The molecule has 1 aromatic heterocycles. The van der Waals surface area contributed by atoms with Crippen LogP contribution in [0.3, 0.4) is 0 Å². The van der Waals surface area contributed by atoms with Crippen molar-refractivity contribution in [3.63, 3.8) is 0 Å². The summed E-state index contributed by atoms with van der Waals surface area (Å²) in [5.41, 5.74) is 5.45. The first-order chi connectivity index (χ1) is 10.6. The molecular formula is C17H23N3OS. The van der Waals surface area contributed by atoms with Gasteiger partial charge in [0.1, 0.15) is 0 Å². The van der Waals surface area contributed by atoms with Gasteiger partial charge < -0.3 is 15.0 Å². The zero-order valence-electron chi connectivity index (χ0n) is 13.4. The van der Waals surface area contributed by atoms with Gasteiger partial charge >= 0.3 is 0 Å². The number of aryl methyl sites for hydroxylation is 1. The van der Waals surface area contributed by atoms with Crippen LogP contribution in [0.1, 0.15) is 24.4 Å². The van der Waals surface area contributed by atoms with E-state index < -0.39 is 0 Å². The third kappa shape index (κ3) is 3.42. The second-order valence-corrected chi connectivity index (χ2v) is 6.83. The summed E-state index contributed by atoms with van der Waals surface area (Å²) >= 11 is 1.70. The molecule has 1 saturated heterocycles. The molecule has 0 saturated carbocycles. The lowest BCUT2D eigenvalue weighted by Gasteiger charge is -2.37. The number of aromatic nitrogens is 1. The summed E-state index contributed by atoms with van der Waals surface area (Å²) in [4.78, 5) is 8.02. The van der Waals surface area contributed by atoms with Crippen molar-refractivity contribution >= 4 is 22.7 Å². The Morgan fingerprint density at radius 2 is 2.00 bits per heavy atom. The molecule has 1 aromatic carbocycles. The first-order valence-electron chi connectivity index (χ1n) is 7.75. The highest BCUT2D eigenvalue weighted by Crippen LogP contribution is 2.29. The van der Waals surface area contributed by atoms with E-state index in [-0.39, 0.29) is 12.2 Å². The van der Waals surface area contributed by atoms with Gasteiger partial charge in [-0.25, -0.2) is 4.98 Å². The topological polar surface area (TPSA) is 37.4 Å². The Bertz CT molecular complexity index is 618. The number of hydrogen-bond acceptors (Lipinski definition) is 5. The third-order valence-corrected chi connectivity index (χ3v) is 4.88. The predicted octanol–water partition coefficient (Wildman–Crippen LogP) is 3.68. The average molecular weight is 317 g/mol. The Morgan fingerprint density at radius 1 is 1.27 bits per heavy atom. The number of para-hydroxylation sites is 2. The molecule has 0 aliphatic carbocycles. The van der Waals surface area contributed by atoms with E-state index in [0.29, 0.717) is 0 Å². The Labute approximate surface area is 136 Å². The molecule has 0 bridgehead atoms. The molecule has 1 aliphatic heterocycles. The SMILES string of the molecule is Cc1ncsc1CNc1ccccc1N1CC(C)OC(C)C1. The highest BCUT2D eigenvalue weighted by Gasteiger charge is 2.23. The van der Waals surface area contributed by atoms with E-state index in [2.05, 4.69) is 60.2 Å². The molecule has 5 heteroatoms. The van der Waals surface area contributed by atoms with E-state index in [1.165, 1.54) is 16.3 Å². The van der Waals surface area contributed by atoms with Gasteiger partial charge in [0.2, 0.25) is 0 Å². The number of thiazole rings is 1. The molecule has 1 aliphatic rings. The number of ether oxygens (including phenoxy) is 1. The van der Waals surface area contributed by atoms with E-state index in [4.69, 9.17) is 4.74 Å². The van der Waals surface area contributed by atoms with Gasteiger partial charge in [0.25, 0.3) is 0 Å². The van der Waals surface area contributed by atoms with E-state index in [0.717, 1.165) is 25.3 Å². The Hall–Kier alpha value is -1.59. The minimum absolute atomic E-state index is 0.264. The molecule has 0 spiro atoms. The van der Waals surface area contributed by atoms with Gasteiger partial charge in [0.15, 0.2) is 0 Å². The normalized spacial score (nSPS) is 21.9. The maximum Gasteiger partial charge on any atom is 0.0798 e. The molecule has 3 rings (SSSR count). The largest absolute Gasteiger partial charge is 0.378 e. The molecule has 22 heavy (non-hydrogen) atoms. The van der Waals surface area contributed by atoms with Crippen LogP contribution >= 0.6 is 11.3 Å². The van der Waals surface area contributed by atoms with Crippen molar-refractivity contribution in [2.24, 2.45) is 0 Å². The van der Waals surface area contributed by atoms with Crippen LogP contribution in [0.2, 0.25) is 0 Å². The molecule has 2 atom stereocenters. The number of nitrogens with zero attached hydrogens (tertiary/aromatic N) is 2.